The van der Waals surface area contributed by atoms with E-state index < -0.39 is 0 Å². The van der Waals surface area contributed by atoms with Gasteiger partial charge in [-0.25, -0.2) is 0 Å². The lowest BCUT2D eigenvalue weighted by Crippen LogP contribution is -2.24. The summed E-state index contributed by atoms with van der Waals surface area (Å²) in [5, 5.41) is 3.31. The molecule has 0 spiro atoms. The summed E-state index contributed by atoms with van der Waals surface area (Å²) >= 11 is 3.02. The molecule has 0 aliphatic carbocycles. The van der Waals surface area contributed by atoms with Crippen molar-refractivity contribution in [2.45, 2.75) is 13.0 Å². The largest absolute Gasteiger partial charge is 0.565 e. The molecule has 14 heavy (non-hydrogen) atoms. The third-order valence-electron chi connectivity index (χ3n) is 2.49. The Labute approximate surface area is 92.7 Å². The van der Waals surface area contributed by atoms with Crippen molar-refractivity contribution < 1.29 is 8.48 Å². The molecule has 1 aliphatic heterocycles. The van der Waals surface area contributed by atoms with Gasteiger partial charge in [-0.2, -0.15) is 0 Å². The van der Waals surface area contributed by atoms with Crippen LogP contribution < -0.4 is 13.8 Å². The molecule has 3 nitrogen and oxygen atoms in total. The summed E-state index contributed by atoms with van der Waals surface area (Å²) in [5.74, 6) is 1.56. The van der Waals surface area contributed by atoms with Gasteiger partial charge in [0, 0.05) is 12.1 Å². The van der Waals surface area contributed by atoms with Crippen LogP contribution in [0.4, 0.5) is 0 Å². The second kappa shape index (κ2) is 4.23. The van der Waals surface area contributed by atoms with Crippen LogP contribution in [0.5, 0.6) is 11.5 Å². The van der Waals surface area contributed by atoms with Crippen molar-refractivity contribution >= 4 is 24.3 Å². The lowest BCUT2D eigenvalue weighted by atomic mass is 9.99. The highest BCUT2D eigenvalue weighted by Crippen LogP contribution is 2.35. The summed E-state index contributed by atoms with van der Waals surface area (Å²) in [6.07, 6.45) is 1.04. The third kappa shape index (κ3) is 1.62. The summed E-state index contributed by atoms with van der Waals surface area (Å²) in [6.45, 7) is 1.87. The maximum atomic E-state index is 5.22. The predicted molar refractivity (Wildman–Crippen MR) is 60.6 cm³/mol. The molecule has 0 bridgehead atoms. The maximum Gasteiger partial charge on any atom is 0.322 e. The van der Waals surface area contributed by atoms with Crippen LogP contribution in [0, 0.1) is 0 Å². The second-order valence-corrected chi connectivity index (χ2v) is 3.56. The molecular formula is C9H11BBrNO2. The maximum absolute atomic E-state index is 5.22. The predicted octanol–water partition coefficient (Wildman–Crippen LogP) is 0.948. The van der Waals surface area contributed by atoms with Gasteiger partial charge in [0.05, 0.1) is 0 Å². The van der Waals surface area contributed by atoms with Crippen molar-refractivity contribution in [1.82, 2.24) is 5.32 Å². The zero-order chi connectivity index (χ0) is 9.97. The van der Waals surface area contributed by atoms with Crippen LogP contribution in [0.1, 0.15) is 11.1 Å². The fourth-order valence-corrected chi connectivity index (χ4v) is 2.11. The molecule has 0 atom stereocenters. The Morgan fingerprint density at radius 2 is 2.29 bits per heavy atom. The van der Waals surface area contributed by atoms with Crippen LogP contribution in [0.15, 0.2) is 12.1 Å². The van der Waals surface area contributed by atoms with Gasteiger partial charge in [-0.05, 0) is 24.6 Å². The van der Waals surface area contributed by atoms with Crippen LogP contribution in [0.3, 0.4) is 0 Å². The Hall–Kier alpha value is -0.675. The lowest BCUT2D eigenvalue weighted by Gasteiger charge is -2.20. The molecule has 0 saturated heterocycles. The Kier molecular flexibility index (Phi) is 2.98. The molecule has 0 saturated carbocycles. The Morgan fingerprint density at radius 1 is 1.43 bits per heavy atom. The van der Waals surface area contributed by atoms with Gasteiger partial charge in [-0.15, -0.1) is 0 Å². The molecule has 0 radical (unpaired) electrons. The first-order chi connectivity index (χ1) is 6.86. The SMILES string of the molecule is BOc1ccc2c(c1OBr)CNCC2. The third-order valence-corrected chi connectivity index (χ3v) is 2.82. The van der Waals surface area contributed by atoms with E-state index in [-0.39, 0.29) is 0 Å². The number of rotatable bonds is 2. The first-order valence-corrected chi connectivity index (χ1v) is 5.19. The van der Waals surface area contributed by atoms with E-state index in [0.717, 1.165) is 31.0 Å². The van der Waals surface area contributed by atoms with Crippen molar-refractivity contribution in [3.63, 3.8) is 0 Å². The van der Waals surface area contributed by atoms with Crippen LogP contribution in [-0.2, 0) is 13.0 Å². The molecule has 0 aromatic heterocycles. The molecule has 0 amide bonds. The number of hydrogen-bond donors (Lipinski definition) is 1. The molecule has 1 aromatic rings. The van der Waals surface area contributed by atoms with Crippen molar-refractivity contribution in [1.29, 1.82) is 0 Å². The number of fused-ring (bicyclic) bond motifs is 1. The van der Waals surface area contributed by atoms with E-state index in [9.17, 15) is 0 Å². The highest BCUT2D eigenvalue weighted by atomic mass is 79.9. The lowest BCUT2D eigenvalue weighted by molar-refractivity contribution is 0.542. The fourth-order valence-electron chi connectivity index (χ4n) is 1.76. The van der Waals surface area contributed by atoms with E-state index in [1.54, 1.807) is 8.05 Å². The molecule has 0 fully saturated rings. The minimum atomic E-state index is 0.768. The molecule has 74 valence electrons. The minimum absolute atomic E-state index is 0.768. The van der Waals surface area contributed by atoms with Crippen LogP contribution >= 0.6 is 16.3 Å². The Bertz CT molecular complexity index is 331. The highest BCUT2D eigenvalue weighted by Gasteiger charge is 2.17. The van der Waals surface area contributed by atoms with Gasteiger partial charge in [-0.3, -0.25) is 0 Å². The average Bonchev–Trinajstić information content (AvgIpc) is 2.27. The van der Waals surface area contributed by atoms with Gasteiger partial charge in [0.15, 0.2) is 22.0 Å². The second-order valence-electron chi connectivity index (χ2n) is 3.24. The van der Waals surface area contributed by atoms with E-state index in [2.05, 4.69) is 27.6 Å². The van der Waals surface area contributed by atoms with Crippen molar-refractivity contribution in [2.24, 2.45) is 0 Å². The fraction of sp³-hybridized carbons (Fsp3) is 0.333. The average molecular weight is 256 g/mol. The highest BCUT2D eigenvalue weighted by molar-refractivity contribution is 9.06. The number of hydrogen-bond acceptors (Lipinski definition) is 3. The van der Waals surface area contributed by atoms with Crippen LogP contribution in [0.2, 0.25) is 0 Å². The van der Waals surface area contributed by atoms with Gasteiger partial charge >= 0.3 is 8.05 Å². The Morgan fingerprint density at radius 3 is 3.00 bits per heavy atom. The zero-order valence-corrected chi connectivity index (χ0v) is 9.56. The number of benzene rings is 1. The van der Waals surface area contributed by atoms with Gasteiger partial charge in [0.2, 0.25) is 0 Å². The van der Waals surface area contributed by atoms with E-state index in [4.69, 9.17) is 8.48 Å². The van der Waals surface area contributed by atoms with E-state index in [1.165, 1.54) is 11.1 Å². The Balaban J connectivity index is 2.50. The van der Waals surface area contributed by atoms with Crippen LogP contribution in [-0.4, -0.2) is 14.6 Å². The van der Waals surface area contributed by atoms with Gasteiger partial charge in [-0.1, -0.05) is 6.07 Å². The molecule has 2 rings (SSSR count). The molecule has 5 heteroatoms. The molecule has 1 aromatic carbocycles. The van der Waals surface area contributed by atoms with Crippen molar-refractivity contribution in [2.75, 3.05) is 6.54 Å². The summed E-state index contributed by atoms with van der Waals surface area (Å²) in [6, 6.07) is 4.05. The van der Waals surface area contributed by atoms with Crippen molar-refractivity contribution in [3.05, 3.63) is 23.3 Å². The van der Waals surface area contributed by atoms with E-state index in [0.29, 0.717) is 0 Å². The topological polar surface area (TPSA) is 30.5 Å². The molecule has 1 aliphatic rings. The van der Waals surface area contributed by atoms with Crippen molar-refractivity contribution in [3.8, 4) is 11.5 Å². The summed E-state index contributed by atoms with van der Waals surface area (Å²) in [5.41, 5.74) is 2.52. The van der Waals surface area contributed by atoms with E-state index >= 15 is 0 Å². The summed E-state index contributed by atoms with van der Waals surface area (Å²) in [7, 11) is 1.65. The standard InChI is InChI=1S/C9H11BBrNO2/c10-13-8-2-1-6-3-4-12-5-7(6)9(8)14-11/h1-2,12H,3-5,10H2. The molecular weight excluding hydrogens is 245 g/mol. The van der Waals surface area contributed by atoms with Gasteiger partial charge in [0.25, 0.3) is 0 Å². The first kappa shape index (κ1) is 9.86. The van der Waals surface area contributed by atoms with Crippen LogP contribution in [0.25, 0.3) is 0 Å². The summed E-state index contributed by atoms with van der Waals surface area (Å²) < 4.78 is 10.4. The number of nitrogens with one attached hydrogen (secondary N) is 1. The first-order valence-electron chi connectivity index (χ1n) is 4.55. The van der Waals surface area contributed by atoms with Gasteiger partial charge < -0.3 is 13.8 Å². The molecule has 0 unspecified atom stereocenters. The zero-order valence-electron chi connectivity index (χ0n) is 7.97. The summed E-state index contributed by atoms with van der Waals surface area (Å²) in [4.78, 5) is 0. The monoisotopic (exact) mass is 255 g/mol. The molecule has 1 heterocycles. The number of halogens is 1. The van der Waals surface area contributed by atoms with E-state index in [1.807, 2.05) is 6.07 Å². The normalized spacial score (nSPS) is 14.6. The molecule has 1 N–H and O–H groups in total. The smallest absolute Gasteiger partial charge is 0.322 e. The minimum Gasteiger partial charge on any atom is -0.565 e. The van der Waals surface area contributed by atoms with Gasteiger partial charge in [0.1, 0.15) is 5.75 Å². The quantitative estimate of drug-likeness (QED) is 0.799.